The summed E-state index contributed by atoms with van der Waals surface area (Å²) in [7, 11) is 2.18. The van der Waals surface area contributed by atoms with E-state index in [0.717, 1.165) is 62.1 Å². The Balaban J connectivity index is 1.18. The number of rotatable bonds is 8. The van der Waals surface area contributed by atoms with Gasteiger partial charge in [0.2, 0.25) is 0 Å². The van der Waals surface area contributed by atoms with Crippen molar-refractivity contribution in [3.05, 3.63) is 71.6 Å². The number of para-hydroxylation sites is 2. The van der Waals surface area contributed by atoms with Crippen LogP contribution in [0.15, 0.2) is 60.2 Å². The summed E-state index contributed by atoms with van der Waals surface area (Å²) < 4.78 is 0. The lowest BCUT2D eigenvalue weighted by Crippen LogP contribution is -2.49. The molecule has 168 valence electrons. The van der Waals surface area contributed by atoms with Crippen molar-refractivity contribution < 1.29 is 5.11 Å². The summed E-state index contributed by atoms with van der Waals surface area (Å²) in [5.41, 5.74) is 5.81. The number of aromatic nitrogens is 2. The highest BCUT2D eigenvalue weighted by atomic mass is 16.3. The molecule has 0 amide bonds. The molecule has 1 heterocycles. The summed E-state index contributed by atoms with van der Waals surface area (Å²) in [6.45, 7) is 4.24. The largest absolute Gasteiger partial charge is 0.389 e. The van der Waals surface area contributed by atoms with Crippen molar-refractivity contribution in [2.24, 2.45) is 11.8 Å². The Labute approximate surface area is 191 Å². The van der Waals surface area contributed by atoms with Crippen LogP contribution in [0, 0.1) is 11.8 Å². The fraction of sp³-hybridized carbons (Fsp3) is 0.464. The zero-order valence-corrected chi connectivity index (χ0v) is 19.3. The van der Waals surface area contributed by atoms with E-state index in [9.17, 15) is 5.11 Å². The molecule has 3 aromatic rings. The molecule has 2 bridgehead atoms. The number of H-pyrrole nitrogens is 1. The number of hydrogen-bond acceptors (Lipinski definition) is 3. The smallest absolute Gasteiger partial charge is 0.107 e. The van der Waals surface area contributed by atoms with E-state index in [-0.39, 0.29) is 5.92 Å². The molecular formula is C28H35N3O. The van der Waals surface area contributed by atoms with Crippen LogP contribution >= 0.6 is 0 Å². The van der Waals surface area contributed by atoms with Crippen molar-refractivity contribution in [2.45, 2.75) is 51.0 Å². The summed E-state index contributed by atoms with van der Waals surface area (Å²) in [5.74, 6) is 1.85. The van der Waals surface area contributed by atoms with Gasteiger partial charge in [-0.1, -0.05) is 48.0 Å². The quantitative estimate of drug-likeness (QED) is 0.500. The fourth-order valence-corrected chi connectivity index (χ4v) is 6.04. The van der Waals surface area contributed by atoms with Crippen LogP contribution in [-0.2, 0) is 6.42 Å². The molecule has 3 atom stereocenters. The number of nitrogens with one attached hydrogen (secondary N) is 1. The Morgan fingerprint density at radius 3 is 2.66 bits per heavy atom. The second-order valence-electron chi connectivity index (χ2n) is 9.95. The molecule has 1 aromatic heterocycles. The summed E-state index contributed by atoms with van der Waals surface area (Å²) in [5, 5.41) is 11.8. The molecule has 3 aliphatic carbocycles. The first-order valence-electron chi connectivity index (χ1n) is 12.1. The summed E-state index contributed by atoms with van der Waals surface area (Å²) in [6, 6.07) is 18.9. The Morgan fingerprint density at radius 1 is 1.06 bits per heavy atom. The number of hydrogen-bond donors (Lipinski definition) is 2. The third-order valence-corrected chi connectivity index (χ3v) is 7.84. The Bertz CT molecular complexity index is 1070. The molecule has 4 heteroatoms. The number of imidazole rings is 1. The summed E-state index contributed by atoms with van der Waals surface area (Å²) in [6.07, 6.45) is 6.12. The topological polar surface area (TPSA) is 52.1 Å². The van der Waals surface area contributed by atoms with Gasteiger partial charge < -0.3 is 15.0 Å². The Hall–Kier alpha value is -2.43. The third kappa shape index (κ3) is 4.14. The van der Waals surface area contributed by atoms with E-state index in [1.54, 1.807) is 0 Å². The summed E-state index contributed by atoms with van der Waals surface area (Å²) >= 11 is 0. The lowest BCUT2D eigenvalue weighted by molar-refractivity contribution is -0.0578. The molecule has 0 spiro atoms. The maximum absolute atomic E-state index is 11.8. The first kappa shape index (κ1) is 21.4. The molecule has 0 saturated heterocycles. The van der Waals surface area contributed by atoms with Gasteiger partial charge in [0.1, 0.15) is 5.82 Å². The van der Waals surface area contributed by atoms with Crippen molar-refractivity contribution in [3.63, 3.8) is 0 Å². The van der Waals surface area contributed by atoms with Gasteiger partial charge in [0.15, 0.2) is 0 Å². The molecule has 1 fully saturated rings. The number of benzene rings is 2. The predicted molar refractivity (Wildman–Crippen MR) is 131 cm³/mol. The standard InChI is InChI=1S/C28H35N3O/c1-20-22-14-15-23(27(20)21-9-4-3-5-10-21)28(32,19-22)16-18-31(2)17-8-13-26-29-24-11-6-7-12-25(24)30-26/h3-7,9-12,22-23,32H,8,13-19H2,1-2H3,(H,29,30)/t22-,23-,28-/m0/s1. The van der Waals surface area contributed by atoms with Crippen LogP contribution in [0.5, 0.6) is 0 Å². The maximum Gasteiger partial charge on any atom is 0.107 e. The number of nitrogens with zero attached hydrogens (tertiary/aromatic N) is 2. The van der Waals surface area contributed by atoms with E-state index in [0.29, 0.717) is 5.92 Å². The first-order valence-corrected chi connectivity index (χ1v) is 12.1. The number of fused-ring (bicyclic) bond motifs is 3. The average Bonchev–Trinajstić information content (AvgIpc) is 3.22. The second-order valence-corrected chi connectivity index (χ2v) is 9.95. The number of aliphatic hydroxyl groups is 1. The highest BCUT2D eigenvalue weighted by Crippen LogP contribution is 2.54. The monoisotopic (exact) mass is 429 g/mol. The van der Waals surface area contributed by atoms with Crippen LogP contribution in [0.25, 0.3) is 16.6 Å². The Kier molecular flexibility index (Phi) is 5.92. The van der Waals surface area contributed by atoms with Crippen LogP contribution in [0.4, 0.5) is 0 Å². The molecule has 0 radical (unpaired) electrons. The van der Waals surface area contributed by atoms with Crippen LogP contribution in [0.2, 0.25) is 0 Å². The molecule has 6 rings (SSSR count). The van der Waals surface area contributed by atoms with E-state index in [1.807, 2.05) is 12.1 Å². The van der Waals surface area contributed by atoms with Crippen molar-refractivity contribution >= 4 is 16.6 Å². The van der Waals surface area contributed by atoms with Crippen molar-refractivity contribution in [1.29, 1.82) is 0 Å². The number of aryl methyl sites for hydroxylation is 1. The SMILES string of the molecule is CC1=C(c2ccccc2)[C@@H]2CC[C@H]1C[C@@]2(O)CCN(C)CCCc1nc2ccccc2[nH]1. The third-order valence-electron chi connectivity index (χ3n) is 7.84. The van der Waals surface area contributed by atoms with Gasteiger partial charge in [-0.2, -0.15) is 0 Å². The minimum Gasteiger partial charge on any atom is -0.389 e. The maximum atomic E-state index is 11.8. The van der Waals surface area contributed by atoms with E-state index in [1.165, 1.54) is 23.1 Å². The molecule has 3 aliphatic rings. The van der Waals surface area contributed by atoms with Crippen LogP contribution in [0.3, 0.4) is 0 Å². The lowest BCUT2D eigenvalue weighted by atomic mass is 9.57. The van der Waals surface area contributed by atoms with Crippen molar-refractivity contribution in [1.82, 2.24) is 14.9 Å². The van der Waals surface area contributed by atoms with Gasteiger partial charge in [0, 0.05) is 18.9 Å². The van der Waals surface area contributed by atoms with Crippen molar-refractivity contribution in [2.75, 3.05) is 20.1 Å². The van der Waals surface area contributed by atoms with Gasteiger partial charge in [0.25, 0.3) is 0 Å². The van der Waals surface area contributed by atoms with Gasteiger partial charge in [-0.15, -0.1) is 0 Å². The molecule has 1 saturated carbocycles. The molecule has 4 nitrogen and oxygen atoms in total. The van der Waals surface area contributed by atoms with Gasteiger partial charge in [0.05, 0.1) is 16.6 Å². The minimum atomic E-state index is -0.583. The van der Waals surface area contributed by atoms with Gasteiger partial charge in [-0.3, -0.25) is 0 Å². The highest BCUT2D eigenvalue weighted by Gasteiger charge is 2.49. The van der Waals surface area contributed by atoms with E-state index in [2.05, 4.69) is 66.3 Å². The molecular weight excluding hydrogens is 394 g/mol. The molecule has 2 aromatic carbocycles. The molecule has 2 N–H and O–H groups in total. The normalized spacial score (nSPS) is 25.2. The molecule has 0 aliphatic heterocycles. The highest BCUT2D eigenvalue weighted by molar-refractivity contribution is 5.75. The van der Waals surface area contributed by atoms with Gasteiger partial charge in [-0.25, -0.2) is 4.98 Å². The lowest BCUT2D eigenvalue weighted by Gasteiger charge is -2.51. The minimum absolute atomic E-state index is 0.263. The van der Waals surface area contributed by atoms with Gasteiger partial charge in [-0.05, 0) is 81.8 Å². The van der Waals surface area contributed by atoms with Crippen LogP contribution in [0.1, 0.15) is 50.4 Å². The second kappa shape index (κ2) is 8.84. The zero-order chi connectivity index (χ0) is 22.1. The van der Waals surface area contributed by atoms with Crippen molar-refractivity contribution in [3.8, 4) is 0 Å². The predicted octanol–water partition coefficient (Wildman–Crippen LogP) is 5.45. The molecule has 32 heavy (non-hydrogen) atoms. The van der Waals surface area contributed by atoms with Crippen LogP contribution < -0.4 is 0 Å². The van der Waals surface area contributed by atoms with Crippen LogP contribution in [-0.4, -0.2) is 45.7 Å². The average molecular weight is 430 g/mol. The summed E-state index contributed by atoms with van der Waals surface area (Å²) in [4.78, 5) is 10.5. The van der Waals surface area contributed by atoms with E-state index >= 15 is 0 Å². The number of aromatic amines is 1. The van der Waals surface area contributed by atoms with Gasteiger partial charge >= 0.3 is 0 Å². The first-order chi connectivity index (χ1) is 15.5. The Morgan fingerprint density at radius 2 is 1.84 bits per heavy atom. The van der Waals surface area contributed by atoms with E-state index in [4.69, 9.17) is 4.98 Å². The zero-order valence-electron chi connectivity index (χ0n) is 19.3. The van der Waals surface area contributed by atoms with E-state index < -0.39 is 5.60 Å². The molecule has 0 unspecified atom stereocenters. The number of allylic oxidation sites excluding steroid dienone is 1. The fourth-order valence-electron chi connectivity index (χ4n) is 6.04.